The fourth-order valence-corrected chi connectivity index (χ4v) is 1.10. The molecule has 0 saturated carbocycles. The van der Waals surface area contributed by atoms with Gasteiger partial charge in [-0.3, -0.25) is 0 Å². The van der Waals surface area contributed by atoms with Gasteiger partial charge in [0.1, 0.15) is 5.69 Å². The molecule has 0 aliphatic heterocycles. The molecule has 0 aliphatic rings. The average Bonchev–Trinajstić information content (AvgIpc) is 2.52. The molecule has 0 bridgehead atoms. The summed E-state index contributed by atoms with van der Waals surface area (Å²) in [4.78, 5) is 1.91. The van der Waals surface area contributed by atoms with Gasteiger partial charge in [0, 0.05) is 13.6 Å². The molecule has 1 aromatic rings. The number of aromatic nitrogens is 1. The van der Waals surface area contributed by atoms with Crippen molar-refractivity contribution in [1.82, 2.24) is 10.5 Å². The van der Waals surface area contributed by atoms with Crippen molar-refractivity contribution >= 4 is 5.69 Å². The smallest absolute Gasteiger partial charge is 0.332 e. The Morgan fingerprint density at radius 2 is 2.46 bits per heavy atom. The van der Waals surface area contributed by atoms with Crippen LogP contribution in [-0.4, -0.2) is 37.4 Å². The summed E-state index contributed by atoms with van der Waals surface area (Å²) >= 11 is 0. The first-order valence-corrected chi connectivity index (χ1v) is 4.25. The minimum Gasteiger partial charge on any atom is -0.478 e. The highest BCUT2D eigenvalue weighted by Gasteiger charge is 2.09. The summed E-state index contributed by atoms with van der Waals surface area (Å²) in [7, 11) is 3.80. The van der Waals surface area contributed by atoms with Crippen LogP contribution in [0.25, 0.3) is 0 Å². The Labute approximate surface area is 77.3 Å². The summed E-state index contributed by atoms with van der Waals surface area (Å²) in [6.45, 7) is 1.81. The van der Waals surface area contributed by atoms with Crippen molar-refractivity contribution in [3.8, 4) is 5.95 Å². The summed E-state index contributed by atoms with van der Waals surface area (Å²) in [5.74, 6) is -0.119. The molecule has 0 fully saturated rings. The van der Waals surface area contributed by atoms with Crippen LogP contribution in [0.1, 0.15) is 6.42 Å². The van der Waals surface area contributed by atoms with E-state index in [1.54, 1.807) is 0 Å². The van der Waals surface area contributed by atoms with Gasteiger partial charge in [-0.05, 0) is 20.0 Å². The quantitative estimate of drug-likeness (QED) is 0.651. The molecular weight excluding hydrogens is 170 g/mol. The summed E-state index contributed by atoms with van der Waals surface area (Å²) in [6.07, 6.45) is 2.52. The Bertz CT molecular complexity index is 249. The van der Waals surface area contributed by atoms with Crippen LogP contribution in [0.2, 0.25) is 0 Å². The summed E-state index contributed by atoms with van der Waals surface area (Å²) in [5.41, 5.74) is 0.635. The molecule has 0 unspecified atom stereocenters. The molecule has 0 amide bonds. The Balaban J connectivity index is 2.39. The zero-order chi connectivity index (χ0) is 9.68. The van der Waals surface area contributed by atoms with E-state index in [0.717, 1.165) is 19.5 Å². The fourth-order valence-electron chi connectivity index (χ4n) is 1.10. The van der Waals surface area contributed by atoms with Gasteiger partial charge in [0.15, 0.2) is 0 Å². The maximum atomic E-state index is 9.19. The van der Waals surface area contributed by atoms with Crippen LogP contribution in [0.4, 0.5) is 5.69 Å². The van der Waals surface area contributed by atoms with E-state index in [9.17, 15) is 5.11 Å². The number of nitrogens with one attached hydrogen (secondary N) is 1. The first-order chi connectivity index (χ1) is 6.25. The van der Waals surface area contributed by atoms with Gasteiger partial charge in [-0.15, -0.1) is 0 Å². The number of aromatic hydroxyl groups is 1. The van der Waals surface area contributed by atoms with E-state index in [-0.39, 0.29) is 5.95 Å². The Hall–Kier alpha value is -1.23. The maximum absolute atomic E-state index is 9.19. The van der Waals surface area contributed by atoms with E-state index in [4.69, 9.17) is 0 Å². The Morgan fingerprint density at radius 3 is 3.00 bits per heavy atom. The predicted molar refractivity (Wildman–Crippen MR) is 50.0 cm³/mol. The van der Waals surface area contributed by atoms with E-state index < -0.39 is 0 Å². The van der Waals surface area contributed by atoms with E-state index in [2.05, 4.69) is 15.0 Å². The zero-order valence-electron chi connectivity index (χ0n) is 7.95. The number of hydrogen-bond donors (Lipinski definition) is 2. The Morgan fingerprint density at radius 1 is 1.69 bits per heavy atom. The fraction of sp³-hybridized carbons (Fsp3) is 0.625. The summed E-state index contributed by atoms with van der Waals surface area (Å²) < 4.78 is 4.54. The lowest BCUT2D eigenvalue weighted by atomic mass is 10.3. The second-order valence-corrected chi connectivity index (χ2v) is 2.89. The molecule has 0 saturated heterocycles. The maximum Gasteiger partial charge on any atom is 0.332 e. The van der Waals surface area contributed by atoms with Crippen molar-refractivity contribution in [2.75, 3.05) is 32.1 Å². The van der Waals surface area contributed by atoms with Crippen molar-refractivity contribution in [3.63, 3.8) is 0 Å². The molecule has 5 heteroatoms. The highest BCUT2D eigenvalue weighted by atomic mass is 16.5. The van der Waals surface area contributed by atoms with Gasteiger partial charge in [-0.1, -0.05) is 5.16 Å². The van der Waals surface area contributed by atoms with Gasteiger partial charge in [0.2, 0.25) is 0 Å². The van der Waals surface area contributed by atoms with Crippen LogP contribution in [0, 0.1) is 0 Å². The van der Waals surface area contributed by atoms with Crippen molar-refractivity contribution in [2.24, 2.45) is 0 Å². The van der Waals surface area contributed by atoms with Crippen LogP contribution in [-0.2, 0) is 0 Å². The molecule has 0 spiro atoms. The predicted octanol–water partition coefficient (Wildman–Crippen LogP) is 0.426. The first-order valence-electron chi connectivity index (χ1n) is 4.25. The molecule has 1 heterocycles. The topological polar surface area (TPSA) is 61.5 Å². The van der Waals surface area contributed by atoms with E-state index in [1.807, 2.05) is 19.0 Å². The molecule has 1 aromatic heterocycles. The zero-order valence-corrected chi connectivity index (χ0v) is 7.95. The first kappa shape index (κ1) is 9.85. The normalized spacial score (nSPS) is 10.3. The van der Waals surface area contributed by atoms with Gasteiger partial charge in [0.05, 0.1) is 6.20 Å². The molecule has 0 atom stereocenters. The lowest BCUT2D eigenvalue weighted by molar-refractivity contribution is 0.278. The van der Waals surface area contributed by atoms with E-state index >= 15 is 0 Å². The van der Waals surface area contributed by atoms with Crippen molar-refractivity contribution in [2.45, 2.75) is 6.42 Å². The number of anilines is 1. The van der Waals surface area contributed by atoms with Crippen molar-refractivity contribution in [1.29, 1.82) is 0 Å². The molecule has 1 rings (SSSR count). The molecule has 74 valence electrons. The van der Waals surface area contributed by atoms with Crippen LogP contribution in [0.3, 0.4) is 0 Å². The third-order valence-electron chi connectivity index (χ3n) is 1.86. The van der Waals surface area contributed by atoms with Gasteiger partial charge in [0.25, 0.3) is 0 Å². The minimum absolute atomic E-state index is 0.119. The molecule has 2 N–H and O–H groups in total. The molecule has 0 aromatic carbocycles. The molecule has 13 heavy (non-hydrogen) atoms. The Kier molecular flexibility index (Phi) is 3.57. The van der Waals surface area contributed by atoms with E-state index in [0.29, 0.717) is 5.69 Å². The molecular formula is C8H15N3O2. The SMILES string of the molecule is CNCCCN(C)c1cnoc1O. The number of rotatable bonds is 5. The highest BCUT2D eigenvalue weighted by Crippen LogP contribution is 2.24. The van der Waals surface area contributed by atoms with Gasteiger partial charge < -0.3 is 19.8 Å². The van der Waals surface area contributed by atoms with Crippen molar-refractivity contribution in [3.05, 3.63) is 6.20 Å². The minimum atomic E-state index is -0.119. The van der Waals surface area contributed by atoms with Crippen LogP contribution in [0.15, 0.2) is 10.7 Å². The number of hydrogen-bond acceptors (Lipinski definition) is 5. The third-order valence-corrected chi connectivity index (χ3v) is 1.86. The lowest BCUT2D eigenvalue weighted by Gasteiger charge is -2.15. The number of nitrogens with zero attached hydrogens (tertiary/aromatic N) is 2. The second kappa shape index (κ2) is 4.71. The standard InChI is InChI=1S/C8H15N3O2/c1-9-4-3-5-11(2)7-6-10-13-8(7)12/h6,9,12H,3-5H2,1-2H3. The summed E-state index contributed by atoms with van der Waals surface area (Å²) in [6, 6.07) is 0. The summed E-state index contributed by atoms with van der Waals surface area (Å²) in [5, 5.41) is 15.7. The lowest BCUT2D eigenvalue weighted by Crippen LogP contribution is -2.21. The monoisotopic (exact) mass is 185 g/mol. The van der Waals surface area contributed by atoms with E-state index in [1.165, 1.54) is 6.20 Å². The van der Waals surface area contributed by atoms with Gasteiger partial charge >= 0.3 is 5.95 Å². The molecule has 0 radical (unpaired) electrons. The van der Waals surface area contributed by atoms with Gasteiger partial charge in [-0.25, -0.2) is 0 Å². The van der Waals surface area contributed by atoms with Crippen molar-refractivity contribution < 1.29 is 9.63 Å². The third kappa shape index (κ3) is 2.62. The van der Waals surface area contributed by atoms with Crippen LogP contribution < -0.4 is 10.2 Å². The highest BCUT2D eigenvalue weighted by molar-refractivity contribution is 5.50. The van der Waals surface area contributed by atoms with Crippen LogP contribution >= 0.6 is 0 Å². The largest absolute Gasteiger partial charge is 0.478 e. The van der Waals surface area contributed by atoms with Gasteiger partial charge in [-0.2, -0.15) is 0 Å². The molecule has 0 aliphatic carbocycles. The van der Waals surface area contributed by atoms with Crippen LogP contribution in [0.5, 0.6) is 5.95 Å². The molecule has 5 nitrogen and oxygen atoms in total. The second-order valence-electron chi connectivity index (χ2n) is 2.89. The average molecular weight is 185 g/mol.